The molecule has 0 saturated carbocycles. The topological polar surface area (TPSA) is 129 Å². The molecule has 0 radical (unpaired) electrons. The van der Waals surface area contributed by atoms with Crippen LogP contribution in [0, 0.1) is 22.0 Å². The van der Waals surface area contributed by atoms with E-state index in [1.807, 2.05) is 34.7 Å². The van der Waals surface area contributed by atoms with E-state index in [2.05, 4.69) is 0 Å². The van der Waals surface area contributed by atoms with Gasteiger partial charge in [0.15, 0.2) is 0 Å². The van der Waals surface area contributed by atoms with Crippen LogP contribution in [0.25, 0.3) is 10.4 Å². The molecular formula is C23H23N4O6S2+. The average molecular weight is 516 g/mol. The van der Waals surface area contributed by atoms with Crippen LogP contribution in [0.5, 0.6) is 0 Å². The summed E-state index contributed by atoms with van der Waals surface area (Å²) < 4.78 is 3.99. The monoisotopic (exact) mass is 515 g/mol. The van der Waals surface area contributed by atoms with Crippen LogP contribution >= 0.6 is 23.1 Å². The van der Waals surface area contributed by atoms with Crippen molar-refractivity contribution < 1.29 is 29.3 Å². The number of benzene rings is 1. The van der Waals surface area contributed by atoms with Gasteiger partial charge in [-0.3, -0.25) is 14.9 Å². The van der Waals surface area contributed by atoms with Gasteiger partial charge in [0.25, 0.3) is 12.0 Å². The van der Waals surface area contributed by atoms with Crippen molar-refractivity contribution in [1.29, 1.82) is 0 Å². The maximum Gasteiger partial charge on any atom is 0.352 e. The quantitative estimate of drug-likeness (QED) is 0.163. The second kappa shape index (κ2) is 8.47. The molecule has 1 aromatic carbocycles. The Bertz CT molecular complexity index is 1410. The number of carbonyl (C=O) groups excluding carboxylic acids is 1. The van der Waals surface area contributed by atoms with E-state index in [0.717, 1.165) is 20.3 Å². The molecule has 0 bridgehead atoms. The molecule has 4 heterocycles. The van der Waals surface area contributed by atoms with E-state index in [9.17, 15) is 29.9 Å². The summed E-state index contributed by atoms with van der Waals surface area (Å²) in [4.78, 5) is 38.4. The van der Waals surface area contributed by atoms with E-state index < -0.39 is 22.9 Å². The van der Waals surface area contributed by atoms with Gasteiger partial charge in [0, 0.05) is 23.6 Å². The second-order valence-electron chi connectivity index (χ2n) is 8.81. The highest BCUT2D eigenvalue weighted by atomic mass is 32.2. The summed E-state index contributed by atoms with van der Waals surface area (Å²) in [5.41, 5.74) is 1.57. The first kappa shape index (κ1) is 23.5. The predicted molar refractivity (Wildman–Crippen MR) is 129 cm³/mol. The van der Waals surface area contributed by atoms with Crippen LogP contribution in [0.4, 0.5) is 5.69 Å². The van der Waals surface area contributed by atoms with Gasteiger partial charge >= 0.3 is 5.97 Å². The highest BCUT2D eigenvalue weighted by Gasteiger charge is 2.60. The van der Waals surface area contributed by atoms with E-state index in [1.54, 1.807) is 30.8 Å². The Morgan fingerprint density at radius 2 is 2.03 bits per heavy atom. The number of hydrogen-bond donors (Lipinski definition) is 2. The van der Waals surface area contributed by atoms with Gasteiger partial charge in [-0.25, -0.2) is 9.36 Å². The lowest BCUT2D eigenvalue weighted by atomic mass is 9.77. The molecule has 4 atom stereocenters. The number of thioether (sulfide) groups is 1. The average Bonchev–Trinajstić information content (AvgIpc) is 3.41. The van der Waals surface area contributed by atoms with Gasteiger partial charge in [0.05, 0.1) is 27.9 Å². The maximum atomic E-state index is 12.6. The zero-order chi connectivity index (χ0) is 25.2. The SMILES string of the molecule is CSc1c2sc(C3=C(C(=O)O)N4C(=O)[C@H]([C@@H](C)O)[C@H]4[C@H]3C)cn2c[n+]1Cc1ccc([N+](=O)[O-])cc1. The number of thiazole rings is 1. The zero-order valence-corrected chi connectivity index (χ0v) is 20.7. The van der Waals surface area contributed by atoms with Gasteiger partial charge in [-0.05, 0) is 30.9 Å². The molecular weight excluding hydrogens is 492 g/mol. The lowest BCUT2D eigenvalue weighted by Crippen LogP contribution is -2.63. The first-order valence-electron chi connectivity index (χ1n) is 10.9. The molecule has 10 nitrogen and oxygen atoms in total. The fraction of sp³-hybridized carbons (Fsp3) is 0.348. The van der Waals surface area contributed by atoms with Crippen LogP contribution < -0.4 is 4.57 Å². The van der Waals surface area contributed by atoms with Crippen LogP contribution in [0.2, 0.25) is 0 Å². The van der Waals surface area contributed by atoms with Crippen molar-refractivity contribution in [2.45, 2.75) is 37.6 Å². The molecule has 1 fully saturated rings. The number of hydrogen-bond acceptors (Lipinski definition) is 7. The molecule has 1 saturated heterocycles. The van der Waals surface area contributed by atoms with Crippen molar-refractivity contribution in [2.24, 2.45) is 11.8 Å². The number of nitrogens with zero attached hydrogens (tertiary/aromatic N) is 4. The molecule has 2 N–H and O–H groups in total. The number of aliphatic hydroxyl groups excluding tert-OH is 1. The van der Waals surface area contributed by atoms with Gasteiger partial charge < -0.3 is 15.1 Å². The summed E-state index contributed by atoms with van der Waals surface area (Å²) in [5, 5.41) is 31.9. The molecule has 2 aromatic heterocycles. The van der Waals surface area contributed by atoms with E-state index >= 15 is 0 Å². The smallest absolute Gasteiger partial charge is 0.352 e. The van der Waals surface area contributed by atoms with Crippen molar-refractivity contribution in [3.8, 4) is 0 Å². The van der Waals surface area contributed by atoms with E-state index in [-0.39, 0.29) is 29.3 Å². The normalized spacial score (nSPS) is 22.5. The highest BCUT2D eigenvalue weighted by molar-refractivity contribution is 7.98. The van der Waals surface area contributed by atoms with Crippen LogP contribution in [-0.4, -0.2) is 54.7 Å². The Kier molecular flexibility index (Phi) is 5.69. The Labute approximate surface area is 208 Å². The van der Waals surface area contributed by atoms with Crippen LogP contribution in [0.15, 0.2) is 47.5 Å². The third-order valence-corrected chi connectivity index (χ3v) is 8.83. The van der Waals surface area contributed by atoms with Crippen molar-refractivity contribution in [3.05, 3.63) is 63.0 Å². The minimum Gasteiger partial charge on any atom is -0.477 e. The van der Waals surface area contributed by atoms with E-state index in [1.165, 1.54) is 28.4 Å². The lowest BCUT2D eigenvalue weighted by molar-refractivity contribution is -0.721. The number of aromatic nitrogens is 2. The predicted octanol–water partition coefficient (Wildman–Crippen LogP) is 2.62. The highest BCUT2D eigenvalue weighted by Crippen LogP contribution is 2.51. The Hall–Kier alpha value is -3.22. The van der Waals surface area contributed by atoms with Crippen molar-refractivity contribution in [2.75, 3.05) is 6.26 Å². The van der Waals surface area contributed by atoms with Crippen molar-refractivity contribution >= 4 is 51.1 Å². The number of imidazole rings is 1. The molecule has 35 heavy (non-hydrogen) atoms. The molecule has 3 aromatic rings. The number of carboxylic acids is 1. The van der Waals surface area contributed by atoms with Crippen molar-refractivity contribution in [1.82, 2.24) is 9.30 Å². The van der Waals surface area contributed by atoms with Crippen molar-refractivity contribution in [3.63, 3.8) is 0 Å². The molecule has 0 spiro atoms. The minimum absolute atomic E-state index is 0.00152. The first-order chi connectivity index (χ1) is 16.6. The van der Waals surface area contributed by atoms with Crippen LogP contribution in [-0.2, 0) is 16.1 Å². The number of aliphatic carboxylic acids is 1. The third kappa shape index (κ3) is 3.55. The van der Waals surface area contributed by atoms with Gasteiger partial charge in [0.1, 0.15) is 18.4 Å². The lowest BCUT2D eigenvalue weighted by Gasteiger charge is -2.46. The Morgan fingerprint density at radius 3 is 2.60 bits per heavy atom. The number of amides is 1. The van der Waals surface area contributed by atoms with Gasteiger partial charge in [-0.2, -0.15) is 4.40 Å². The van der Waals surface area contributed by atoms with E-state index in [0.29, 0.717) is 12.1 Å². The number of nitro benzene ring substituents is 1. The summed E-state index contributed by atoms with van der Waals surface area (Å²) in [7, 11) is 0. The number of nitro groups is 1. The fourth-order valence-electron chi connectivity index (χ4n) is 5.19. The number of aliphatic hydroxyl groups is 1. The summed E-state index contributed by atoms with van der Waals surface area (Å²) in [5.74, 6) is -2.33. The molecule has 182 valence electrons. The molecule has 5 rings (SSSR count). The number of carboxylic acid groups (broad SMARTS) is 1. The molecule has 0 aliphatic carbocycles. The molecule has 1 amide bonds. The number of rotatable bonds is 7. The second-order valence-corrected chi connectivity index (χ2v) is 10.6. The molecule has 2 aliphatic rings. The van der Waals surface area contributed by atoms with Gasteiger partial charge in [-0.15, -0.1) is 0 Å². The molecule has 2 aliphatic heterocycles. The van der Waals surface area contributed by atoms with Crippen LogP contribution in [0.1, 0.15) is 24.3 Å². The number of carbonyl (C=O) groups is 2. The summed E-state index contributed by atoms with van der Waals surface area (Å²) in [6, 6.07) is 6.07. The zero-order valence-electron chi connectivity index (χ0n) is 19.1. The standard InChI is InChI=1S/C23H22N4O6S2/c1-11-16(19(23(30)31)26-18(11)17(12(2)28)20(26)29)15-9-25-10-24(21(34-3)22(25)35-15)8-13-4-6-14(7-5-13)27(32)33/h4-7,9-12,17-18,28H,8H2,1-3H3/p+1/t11-,12+,17+,18+/m0/s1. The summed E-state index contributed by atoms with van der Waals surface area (Å²) in [6.45, 7) is 4.00. The summed E-state index contributed by atoms with van der Waals surface area (Å²) >= 11 is 3.02. The number of non-ortho nitro benzene ring substituents is 1. The molecule has 0 unspecified atom stereocenters. The molecule has 12 heteroatoms. The van der Waals surface area contributed by atoms with Gasteiger partial charge in [0.2, 0.25) is 15.8 Å². The minimum atomic E-state index is -1.15. The van der Waals surface area contributed by atoms with Crippen LogP contribution in [0.3, 0.4) is 0 Å². The largest absolute Gasteiger partial charge is 0.477 e. The number of fused-ring (bicyclic) bond motifs is 2. The number of β-lactam (4-membered cyclic amide) rings is 1. The van der Waals surface area contributed by atoms with E-state index in [4.69, 9.17) is 0 Å². The van der Waals surface area contributed by atoms with Gasteiger partial charge in [-0.1, -0.05) is 30.0 Å². The first-order valence-corrected chi connectivity index (χ1v) is 13.0. The summed E-state index contributed by atoms with van der Waals surface area (Å²) in [6.07, 6.45) is 4.91. The maximum absolute atomic E-state index is 12.6. The third-order valence-electron chi connectivity index (χ3n) is 6.74. The Balaban J connectivity index is 1.52. The fourth-order valence-corrected chi connectivity index (χ4v) is 7.37. The Morgan fingerprint density at radius 1 is 1.34 bits per heavy atom.